The Morgan fingerprint density at radius 3 is 2.50 bits per heavy atom. The third-order valence-electron chi connectivity index (χ3n) is 5.27. The second kappa shape index (κ2) is 7.72. The SMILES string of the molecule is Cc1ccc(-c2ccc(C(=O)Nc3ccc(N4CCCC4)c(Cl)c3)o2)cc1C. The predicted octanol–water partition coefficient (Wildman–Crippen LogP) is 6.07. The van der Waals surface area contributed by atoms with Crippen molar-refractivity contribution in [1.82, 2.24) is 0 Å². The average Bonchev–Trinajstić information content (AvgIpc) is 3.36. The summed E-state index contributed by atoms with van der Waals surface area (Å²) < 4.78 is 5.78. The number of hydrogen-bond donors (Lipinski definition) is 1. The standard InChI is InChI=1S/C23H23ClN2O2/c1-15-5-6-17(13-16(15)2)21-9-10-22(28-21)23(27)25-18-7-8-20(19(24)14-18)26-11-3-4-12-26/h5-10,13-14H,3-4,11-12H2,1-2H3,(H,25,27). The van der Waals surface area contributed by atoms with Crippen molar-refractivity contribution in [1.29, 1.82) is 0 Å². The predicted molar refractivity (Wildman–Crippen MR) is 114 cm³/mol. The molecule has 1 N–H and O–H groups in total. The van der Waals surface area contributed by atoms with Crippen molar-refractivity contribution >= 4 is 28.9 Å². The minimum Gasteiger partial charge on any atom is -0.451 e. The van der Waals surface area contributed by atoms with Crippen molar-refractivity contribution in [2.75, 3.05) is 23.3 Å². The van der Waals surface area contributed by atoms with Crippen LogP contribution in [0, 0.1) is 13.8 Å². The normalized spacial score (nSPS) is 13.8. The van der Waals surface area contributed by atoms with E-state index in [-0.39, 0.29) is 11.7 Å². The van der Waals surface area contributed by atoms with Crippen LogP contribution in [0.15, 0.2) is 52.9 Å². The fourth-order valence-electron chi connectivity index (χ4n) is 3.50. The van der Waals surface area contributed by atoms with Gasteiger partial charge in [-0.1, -0.05) is 23.7 Å². The lowest BCUT2D eigenvalue weighted by Crippen LogP contribution is -2.18. The summed E-state index contributed by atoms with van der Waals surface area (Å²) in [5.74, 6) is 0.656. The summed E-state index contributed by atoms with van der Waals surface area (Å²) in [5.41, 5.74) is 5.05. The zero-order valence-corrected chi connectivity index (χ0v) is 16.8. The first-order valence-corrected chi connectivity index (χ1v) is 9.92. The van der Waals surface area contributed by atoms with E-state index < -0.39 is 0 Å². The second-order valence-corrected chi connectivity index (χ2v) is 7.68. The monoisotopic (exact) mass is 394 g/mol. The van der Waals surface area contributed by atoms with E-state index in [0.717, 1.165) is 24.3 Å². The molecule has 1 aromatic heterocycles. The van der Waals surface area contributed by atoms with Crippen molar-refractivity contribution in [3.63, 3.8) is 0 Å². The molecule has 1 aliphatic heterocycles. The number of furan rings is 1. The Balaban J connectivity index is 1.49. The number of amides is 1. The van der Waals surface area contributed by atoms with Gasteiger partial charge in [-0.25, -0.2) is 0 Å². The molecule has 0 bridgehead atoms. The Hall–Kier alpha value is -2.72. The quantitative estimate of drug-likeness (QED) is 0.584. The topological polar surface area (TPSA) is 45.5 Å². The van der Waals surface area contributed by atoms with E-state index >= 15 is 0 Å². The summed E-state index contributed by atoms with van der Waals surface area (Å²) in [6.07, 6.45) is 2.38. The van der Waals surface area contributed by atoms with Crippen LogP contribution >= 0.6 is 11.6 Å². The number of hydrogen-bond acceptors (Lipinski definition) is 3. The number of carbonyl (C=O) groups excluding carboxylic acids is 1. The first kappa shape index (κ1) is 18.6. The number of nitrogens with zero attached hydrogens (tertiary/aromatic N) is 1. The van der Waals surface area contributed by atoms with Crippen LogP contribution < -0.4 is 10.2 Å². The van der Waals surface area contributed by atoms with Gasteiger partial charge in [-0.15, -0.1) is 0 Å². The van der Waals surface area contributed by atoms with E-state index in [4.69, 9.17) is 16.0 Å². The van der Waals surface area contributed by atoms with Crippen molar-refractivity contribution < 1.29 is 9.21 Å². The molecule has 0 atom stereocenters. The Bertz CT molecular complexity index is 1020. The molecule has 4 rings (SSSR count). The lowest BCUT2D eigenvalue weighted by molar-refractivity contribution is 0.0997. The van der Waals surface area contributed by atoms with Gasteiger partial charge in [0.15, 0.2) is 5.76 Å². The number of carbonyl (C=O) groups is 1. The molecule has 0 aliphatic carbocycles. The molecule has 0 spiro atoms. The Labute approximate surface area is 170 Å². The van der Waals surface area contributed by atoms with Crippen LogP contribution in [0.1, 0.15) is 34.5 Å². The van der Waals surface area contributed by atoms with Gasteiger partial charge in [0.1, 0.15) is 5.76 Å². The summed E-state index contributed by atoms with van der Waals surface area (Å²) in [7, 11) is 0. The molecular formula is C23H23ClN2O2. The van der Waals surface area contributed by atoms with Crippen LogP contribution in [-0.2, 0) is 0 Å². The number of rotatable bonds is 4. The molecule has 28 heavy (non-hydrogen) atoms. The zero-order valence-electron chi connectivity index (χ0n) is 16.1. The molecule has 1 saturated heterocycles. The van der Waals surface area contributed by atoms with Crippen LogP contribution in [0.25, 0.3) is 11.3 Å². The van der Waals surface area contributed by atoms with E-state index in [1.807, 2.05) is 24.3 Å². The van der Waals surface area contributed by atoms with Gasteiger partial charge in [0, 0.05) is 24.3 Å². The maximum Gasteiger partial charge on any atom is 0.291 e. The van der Waals surface area contributed by atoms with Gasteiger partial charge < -0.3 is 14.6 Å². The van der Waals surface area contributed by atoms with Gasteiger partial charge in [0.2, 0.25) is 0 Å². The summed E-state index contributed by atoms with van der Waals surface area (Å²) in [6, 6.07) is 15.3. The lowest BCUT2D eigenvalue weighted by atomic mass is 10.1. The number of anilines is 2. The second-order valence-electron chi connectivity index (χ2n) is 7.28. The first-order valence-electron chi connectivity index (χ1n) is 9.54. The van der Waals surface area contributed by atoms with E-state index in [1.54, 1.807) is 12.1 Å². The number of benzene rings is 2. The van der Waals surface area contributed by atoms with Crippen molar-refractivity contribution in [3.8, 4) is 11.3 Å². The summed E-state index contributed by atoms with van der Waals surface area (Å²) >= 11 is 6.43. The van der Waals surface area contributed by atoms with Crippen LogP contribution in [0.2, 0.25) is 5.02 Å². The van der Waals surface area contributed by atoms with Crippen molar-refractivity contribution in [2.45, 2.75) is 26.7 Å². The highest BCUT2D eigenvalue weighted by molar-refractivity contribution is 6.33. The van der Waals surface area contributed by atoms with Gasteiger partial charge in [-0.05, 0) is 74.2 Å². The van der Waals surface area contributed by atoms with Gasteiger partial charge in [-0.3, -0.25) is 4.79 Å². The highest BCUT2D eigenvalue weighted by Gasteiger charge is 2.17. The smallest absolute Gasteiger partial charge is 0.291 e. The molecule has 3 aromatic rings. The first-order chi connectivity index (χ1) is 13.5. The largest absolute Gasteiger partial charge is 0.451 e. The molecule has 1 amide bonds. The maximum atomic E-state index is 12.6. The van der Waals surface area contributed by atoms with Crippen molar-refractivity contribution in [2.24, 2.45) is 0 Å². The number of aryl methyl sites for hydroxylation is 2. The van der Waals surface area contributed by atoms with Gasteiger partial charge in [0.05, 0.1) is 10.7 Å². The van der Waals surface area contributed by atoms with E-state index in [1.165, 1.54) is 24.0 Å². The maximum absolute atomic E-state index is 12.6. The number of halogens is 1. The Morgan fingerprint density at radius 1 is 1.00 bits per heavy atom. The third kappa shape index (κ3) is 3.78. The molecule has 1 aliphatic rings. The van der Waals surface area contributed by atoms with Crippen LogP contribution in [0.5, 0.6) is 0 Å². The third-order valence-corrected chi connectivity index (χ3v) is 5.58. The molecule has 0 saturated carbocycles. The molecule has 1 fully saturated rings. The summed E-state index contributed by atoms with van der Waals surface area (Å²) in [6.45, 7) is 6.18. The molecule has 2 heterocycles. The highest BCUT2D eigenvalue weighted by atomic mass is 35.5. The van der Waals surface area contributed by atoms with Crippen molar-refractivity contribution in [3.05, 3.63) is 70.4 Å². The molecule has 144 valence electrons. The fraction of sp³-hybridized carbons (Fsp3) is 0.261. The van der Waals surface area contributed by atoms with Gasteiger partial charge in [-0.2, -0.15) is 0 Å². The number of nitrogens with one attached hydrogen (secondary N) is 1. The summed E-state index contributed by atoms with van der Waals surface area (Å²) in [4.78, 5) is 14.8. The zero-order chi connectivity index (χ0) is 19.7. The van der Waals surface area contributed by atoms with Crippen LogP contribution in [0.3, 0.4) is 0 Å². The van der Waals surface area contributed by atoms with E-state index in [2.05, 4.69) is 36.2 Å². The van der Waals surface area contributed by atoms with Crippen LogP contribution in [-0.4, -0.2) is 19.0 Å². The minimum absolute atomic E-state index is 0.271. The fourth-order valence-corrected chi connectivity index (χ4v) is 3.80. The molecule has 4 nitrogen and oxygen atoms in total. The van der Waals surface area contributed by atoms with Gasteiger partial charge in [0.25, 0.3) is 5.91 Å². The molecule has 5 heteroatoms. The van der Waals surface area contributed by atoms with Crippen LogP contribution in [0.4, 0.5) is 11.4 Å². The average molecular weight is 395 g/mol. The minimum atomic E-state index is -0.292. The van der Waals surface area contributed by atoms with E-state index in [0.29, 0.717) is 16.5 Å². The molecule has 0 unspecified atom stereocenters. The molecule has 2 aromatic carbocycles. The summed E-state index contributed by atoms with van der Waals surface area (Å²) in [5, 5.41) is 3.51. The molecule has 0 radical (unpaired) electrons. The molecular weight excluding hydrogens is 372 g/mol. The van der Waals surface area contributed by atoms with Gasteiger partial charge >= 0.3 is 0 Å². The highest BCUT2D eigenvalue weighted by Crippen LogP contribution is 2.31. The van der Waals surface area contributed by atoms with E-state index in [9.17, 15) is 4.79 Å². The Morgan fingerprint density at radius 2 is 1.79 bits per heavy atom. The lowest BCUT2D eigenvalue weighted by Gasteiger charge is -2.19. The Kier molecular flexibility index (Phi) is 5.14.